The SMILES string of the molecule is CCC(C)C(NN)C(C)(C)c1ccc(F)cc1. The second kappa shape index (κ2) is 5.61. The van der Waals surface area contributed by atoms with Gasteiger partial charge in [-0.1, -0.05) is 46.2 Å². The maximum Gasteiger partial charge on any atom is 0.123 e. The van der Waals surface area contributed by atoms with Crippen LogP contribution >= 0.6 is 0 Å². The number of hydrogen-bond acceptors (Lipinski definition) is 2. The summed E-state index contributed by atoms with van der Waals surface area (Å²) >= 11 is 0. The van der Waals surface area contributed by atoms with Gasteiger partial charge in [-0.15, -0.1) is 0 Å². The third-order valence-corrected chi connectivity index (χ3v) is 3.76. The zero-order valence-corrected chi connectivity index (χ0v) is 11.1. The van der Waals surface area contributed by atoms with Crippen LogP contribution in [0.5, 0.6) is 0 Å². The maximum atomic E-state index is 12.9. The number of hydrazine groups is 1. The first kappa shape index (κ1) is 14.1. The Hall–Kier alpha value is -0.930. The van der Waals surface area contributed by atoms with Crippen LogP contribution in [0.3, 0.4) is 0 Å². The summed E-state index contributed by atoms with van der Waals surface area (Å²) in [4.78, 5) is 0. The van der Waals surface area contributed by atoms with E-state index >= 15 is 0 Å². The predicted molar refractivity (Wildman–Crippen MR) is 70.0 cm³/mol. The fourth-order valence-electron chi connectivity index (χ4n) is 2.38. The van der Waals surface area contributed by atoms with Crippen molar-refractivity contribution in [3.05, 3.63) is 35.6 Å². The van der Waals surface area contributed by atoms with Crippen molar-refractivity contribution in [2.75, 3.05) is 0 Å². The highest BCUT2D eigenvalue weighted by Gasteiger charge is 2.33. The molecular formula is C14H23FN2. The monoisotopic (exact) mass is 238 g/mol. The van der Waals surface area contributed by atoms with Crippen LogP contribution in [0, 0.1) is 11.7 Å². The topological polar surface area (TPSA) is 38.0 Å². The minimum absolute atomic E-state index is 0.127. The van der Waals surface area contributed by atoms with Crippen LogP contribution in [0.25, 0.3) is 0 Å². The average Bonchev–Trinajstić information content (AvgIpc) is 2.29. The molecule has 96 valence electrons. The van der Waals surface area contributed by atoms with Crippen molar-refractivity contribution in [2.24, 2.45) is 11.8 Å². The molecule has 0 aliphatic heterocycles. The molecule has 2 nitrogen and oxygen atoms in total. The molecule has 0 saturated heterocycles. The number of halogens is 1. The number of benzene rings is 1. The van der Waals surface area contributed by atoms with E-state index in [2.05, 4.69) is 33.1 Å². The van der Waals surface area contributed by atoms with E-state index in [4.69, 9.17) is 5.84 Å². The first-order valence-corrected chi connectivity index (χ1v) is 6.15. The Morgan fingerprint density at radius 3 is 2.24 bits per heavy atom. The van der Waals surface area contributed by atoms with Crippen molar-refractivity contribution in [1.29, 1.82) is 0 Å². The van der Waals surface area contributed by atoms with Crippen molar-refractivity contribution in [3.63, 3.8) is 0 Å². The molecule has 0 aliphatic carbocycles. The molecule has 17 heavy (non-hydrogen) atoms. The summed E-state index contributed by atoms with van der Waals surface area (Å²) < 4.78 is 12.9. The number of nitrogens with two attached hydrogens (primary N) is 1. The minimum Gasteiger partial charge on any atom is -0.271 e. The van der Waals surface area contributed by atoms with E-state index in [1.807, 2.05) is 12.1 Å². The van der Waals surface area contributed by atoms with E-state index in [-0.39, 0.29) is 17.3 Å². The second-order valence-electron chi connectivity index (χ2n) is 5.26. The number of nitrogens with one attached hydrogen (secondary N) is 1. The van der Waals surface area contributed by atoms with E-state index in [1.54, 1.807) is 0 Å². The standard InChI is InChI=1S/C14H23FN2/c1-5-10(2)13(17-16)14(3,4)11-6-8-12(15)9-7-11/h6-10,13,17H,5,16H2,1-4H3. The Morgan fingerprint density at radius 1 is 1.29 bits per heavy atom. The van der Waals surface area contributed by atoms with Gasteiger partial charge in [-0.3, -0.25) is 11.3 Å². The molecular weight excluding hydrogens is 215 g/mol. The lowest BCUT2D eigenvalue weighted by molar-refractivity contribution is 0.254. The third-order valence-electron chi connectivity index (χ3n) is 3.76. The fraction of sp³-hybridized carbons (Fsp3) is 0.571. The molecule has 2 unspecified atom stereocenters. The van der Waals surface area contributed by atoms with E-state index in [0.29, 0.717) is 5.92 Å². The van der Waals surface area contributed by atoms with Crippen LogP contribution in [-0.2, 0) is 5.41 Å². The smallest absolute Gasteiger partial charge is 0.123 e. The zero-order chi connectivity index (χ0) is 13.1. The Kier molecular flexibility index (Phi) is 4.66. The Balaban J connectivity index is 3.02. The van der Waals surface area contributed by atoms with Crippen LogP contribution in [-0.4, -0.2) is 6.04 Å². The van der Waals surface area contributed by atoms with Crippen molar-refractivity contribution >= 4 is 0 Å². The van der Waals surface area contributed by atoms with Gasteiger partial charge >= 0.3 is 0 Å². The van der Waals surface area contributed by atoms with Crippen LogP contribution in [0.4, 0.5) is 4.39 Å². The largest absolute Gasteiger partial charge is 0.271 e. The van der Waals surface area contributed by atoms with Crippen molar-refractivity contribution < 1.29 is 4.39 Å². The lowest BCUT2D eigenvalue weighted by atomic mass is 9.72. The van der Waals surface area contributed by atoms with Gasteiger partial charge in [-0.2, -0.15) is 0 Å². The van der Waals surface area contributed by atoms with Gasteiger partial charge < -0.3 is 0 Å². The van der Waals surface area contributed by atoms with Gasteiger partial charge in [0.25, 0.3) is 0 Å². The van der Waals surface area contributed by atoms with Gasteiger partial charge in [0, 0.05) is 11.5 Å². The quantitative estimate of drug-likeness (QED) is 0.611. The lowest BCUT2D eigenvalue weighted by Crippen LogP contribution is -2.51. The first-order chi connectivity index (χ1) is 7.93. The van der Waals surface area contributed by atoms with Crippen LogP contribution < -0.4 is 11.3 Å². The molecule has 1 aromatic rings. The zero-order valence-electron chi connectivity index (χ0n) is 11.1. The fourth-order valence-corrected chi connectivity index (χ4v) is 2.38. The average molecular weight is 238 g/mol. The molecule has 0 saturated carbocycles. The summed E-state index contributed by atoms with van der Waals surface area (Å²) in [6.07, 6.45) is 1.06. The molecule has 0 spiro atoms. The molecule has 0 aromatic heterocycles. The summed E-state index contributed by atoms with van der Waals surface area (Å²) in [6, 6.07) is 6.84. The molecule has 0 bridgehead atoms. The Bertz CT molecular complexity index is 346. The molecule has 0 heterocycles. The summed E-state index contributed by atoms with van der Waals surface area (Å²) in [7, 11) is 0. The third kappa shape index (κ3) is 3.05. The van der Waals surface area contributed by atoms with Crippen molar-refractivity contribution in [1.82, 2.24) is 5.43 Å². The highest BCUT2D eigenvalue weighted by atomic mass is 19.1. The predicted octanol–water partition coefficient (Wildman–Crippen LogP) is 2.98. The summed E-state index contributed by atoms with van der Waals surface area (Å²) in [5.41, 5.74) is 3.88. The number of rotatable bonds is 5. The van der Waals surface area contributed by atoms with Gasteiger partial charge in [0.15, 0.2) is 0 Å². The lowest BCUT2D eigenvalue weighted by Gasteiger charge is -2.38. The van der Waals surface area contributed by atoms with Crippen molar-refractivity contribution in [2.45, 2.75) is 45.6 Å². The van der Waals surface area contributed by atoms with Crippen molar-refractivity contribution in [3.8, 4) is 0 Å². The summed E-state index contributed by atoms with van der Waals surface area (Å²) in [5, 5.41) is 0. The number of hydrogen-bond donors (Lipinski definition) is 2. The van der Waals surface area contributed by atoms with Crippen LogP contribution in [0.2, 0.25) is 0 Å². The molecule has 3 N–H and O–H groups in total. The van der Waals surface area contributed by atoms with Gasteiger partial charge in [0.1, 0.15) is 5.82 Å². The van der Waals surface area contributed by atoms with Crippen LogP contribution in [0.1, 0.15) is 39.7 Å². The molecule has 0 fully saturated rings. The van der Waals surface area contributed by atoms with E-state index < -0.39 is 0 Å². The highest BCUT2D eigenvalue weighted by Crippen LogP contribution is 2.31. The molecule has 0 radical (unpaired) electrons. The second-order valence-corrected chi connectivity index (χ2v) is 5.26. The highest BCUT2D eigenvalue weighted by molar-refractivity contribution is 5.26. The molecule has 0 amide bonds. The molecule has 3 heteroatoms. The first-order valence-electron chi connectivity index (χ1n) is 6.15. The van der Waals surface area contributed by atoms with Crippen LogP contribution in [0.15, 0.2) is 24.3 Å². The maximum absolute atomic E-state index is 12.9. The van der Waals surface area contributed by atoms with E-state index in [9.17, 15) is 4.39 Å². The molecule has 1 rings (SSSR count). The van der Waals surface area contributed by atoms with Gasteiger partial charge in [-0.25, -0.2) is 4.39 Å². The van der Waals surface area contributed by atoms with E-state index in [1.165, 1.54) is 12.1 Å². The summed E-state index contributed by atoms with van der Waals surface area (Å²) in [6.45, 7) is 8.60. The Morgan fingerprint density at radius 2 is 1.82 bits per heavy atom. The van der Waals surface area contributed by atoms with Gasteiger partial charge in [0.2, 0.25) is 0 Å². The van der Waals surface area contributed by atoms with Gasteiger partial charge in [0.05, 0.1) is 0 Å². The van der Waals surface area contributed by atoms with Gasteiger partial charge in [-0.05, 0) is 23.6 Å². The summed E-state index contributed by atoms with van der Waals surface area (Å²) in [5.74, 6) is 5.93. The normalized spacial score (nSPS) is 15.6. The minimum atomic E-state index is -0.203. The Labute approximate surface area is 103 Å². The molecule has 2 atom stereocenters. The van der Waals surface area contributed by atoms with E-state index in [0.717, 1.165) is 12.0 Å². The molecule has 0 aliphatic rings. The molecule has 1 aromatic carbocycles.